The molecule has 1 fully saturated rings. The molecule has 4 aromatic rings. The van der Waals surface area contributed by atoms with Gasteiger partial charge in [-0.1, -0.05) is 60.7 Å². The molecule has 1 N–H and O–H groups in total. The molecule has 0 radical (unpaired) electrons. The Morgan fingerprint density at radius 1 is 0.812 bits per heavy atom. The number of rotatable bonds is 5. The highest BCUT2D eigenvalue weighted by Gasteiger charge is 2.19. The van der Waals surface area contributed by atoms with Crippen molar-refractivity contribution in [2.45, 2.75) is 6.42 Å². The van der Waals surface area contributed by atoms with Gasteiger partial charge in [0.05, 0.1) is 6.42 Å². The zero-order chi connectivity index (χ0) is 21.8. The number of aromatic nitrogens is 2. The molecule has 0 unspecified atom stereocenters. The topological polar surface area (TPSA) is 61.4 Å². The van der Waals surface area contributed by atoms with E-state index in [-0.39, 0.29) is 5.91 Å². The lowest BCUT2D eigenvalue weighted by Crippen LogP contribution is -2.46. The zero-order valence-corrected chi connectivity index (χ0v) is 17.8. The molecule has 6 nitrogen and oxygen atoms in total. The number of amides is 1. The first-order valence-corrected chi connectivity index (χ1v) is 10.9. The highest BCUT2D eigenvalue weighted by molar-refractivity contribution is 5.95. The van der Waals surface area contributed by atoms with Gasteiger partial charge in [0.1, 0.15) is 18.0 Å². The molecule has 3 aromatic carbocycles. The van der Waals surface area contributed by atoms with E-state index in [1.165, 1.54) is 12.0 Å². The first kappa shape index (κ1) is 20.0. The number of piperazine rings is 1. The van der Waals surface area contributed by atoms with Crippen molar-refractivity contribution in [1.29, 1.82) is 0 Å². The lowest BCUT2D eigenvalue weighted by atomic mass is 10.0. The predicted octanol–water partition coefficient (Wildman–Crippen LogP) is 4.14. The summed E-state index contributed by atoms with van der Waals surface area (Å²) in [5, 5.41) is 5.18. The summed E-state index contributed by atoms with van der Waals surface area (Å²) in [5.41, 5.74) is 2.25. The van der Waals surface area contributed by atoms with Gasteiger partial charge >= 0.3 is 0 Å². The van der Waals surface area contributed by atoms with Crippen molar-refractivity contribution in [3.63, 3.8) is 0 Å². The minimum absolute atomic E-state index is 0.0834. The lowest BCUT2D eigenvalue weighted by Gasteiger charge is -2.36. The Kier molecular flexibility index (Phi) is 5.66. The first-order chi connectivity index (χ1) is 15.8. The molecule has 1 aliphatic rings. The maximum atomic E-state index is 12.7. The molecule has 0 aliphatic carbocycles. The van der Waals surface area contributed by atoms with Crippen molar-refractivity contribution in [2.75, 3.05) is 41.3 Å². The van der Waals surface area contributed by atoms with Crippen LogP contribution in [0.25, 0.3) is 10.8 Å². The van der Waals surface area contributed by atoms with Crippen molar-refractivity contribution in [2.24, 2.45) is 0 Å². The van der Waals surface area contributed by atoms with E-state index >= 15 is 0 Å². The number of carbonyl (C=O) groups excluding carboxylic acids is 1. The highest BCUT2D eigenvalue weighted by Crippen LogP contribution is 2.21. The SMILES string of the molecule is O=C(Cc1cccc2ccccc12)Nc1cc(N2CCN(c3ccccc3)CC2)ncn1. The monoisotopic (exact) mass is 423 g/mol. The Bertz CT molecular complexity index is 1210. The molecule has 160 valence electrons. The summed E-state index contributed by atoms with van der Waals surface area (Å²) >= 11 is 0. The quantitative estimate of drug-likeness (QED) is 0.523. The average molecular weight is 424 g/mol. The van der Waals surface area contributed by atoms with Crippen molar-refractivity contribution in [1.82, 2.24) is 9.97 Å². The fourth-order valence-electron chi connectivity index (χ4n) is 4.23. The standard InChI is InChI=1S/C26H25N5O/c32-26(17-21-9-6-8-20-7-4-5-12-23(20)21)29-24-18-25(28-19-27-24)31-15-13-30(14-16-31)22-10-2-1-3-11-22/h1-12,18-19H,13-17H2,(H,27,28,29,32). The van der Waals surface area contributed by atoms with E-state index < -0.39 is 0 Å². The largest absolute Gasteiger partial charge is 0.368 e. The van der Waals surface area contributed by atoms with Crippen LogP contribution in [-0.2, 0) is 11.2 Å². The van der Waals surface area contributed by atoms with Gasteiger partial charge in [0.2, 0.25) is 5.91 Å². The van der Waals surface area contributed by atoms with Crippen LogP contribution in [0.4, 0.5) is 17.3 Å². The normalized spacial score (nSPS) is 13.9. The number of benzene rings is 3. The molecule has 1 aromatic heterocycles. The fraction of sp³-hybridized carbons (Fsp3) is 0.192. The molecule has 2 heterocycles. The van der Waals surface area contributed by atoms with E-state index in [9.17, 15) is 4.79 Å². The number of fused-ring (bicyclic) bond motifs is 1. The van der Waals surface area contributed by atoms with Crippen LogP contribution >= 0.6 is 0 Å². The maximum absolute atomic E-state index is 12.7. The number of nitrogens with zero attached hydrogens (tertiary/aromatic N) is 4. The first-order valence-electron chi connectivity index (χ1n) is 10.9. The number of nitrogens with one attached hydrogen (secondary N) is 1. The summed E-state index contributed by atoms with van der Waals surface area (Å²) < 4.78 is 0. The van der Waals surface area contributed by atoms with Gasteiger partial charge in [-0.25, -0.2) is 9.97 Å². The molecule has 0 spiro atoms. The molecule has 0 atom stereocenters. The van der Waals surface area contributed by atoms with Gasteiger partial charge in [0, 0.05) is 37.9 Å². The van der Waals surface area contributed by atoms with Crippen LogP contribution in [0.5, 0.6) is 0 Å². The van der Waals surface area contributed by atoms with Crippen LogP contribution in [0.2, 0.25) is 0 Å². The molecule has 0 bridgehead atoms. The van der Waals surface area contributed by atoms with Gasteiger partial charge in [-0.05, 0) is 28.5 Å². The number of hydrogen-bond donors (Lipinski definition) is 1. The fourth-order valence-corrected chi connectivity index (χ4v) is 4.23. The number of para-hydroxylation sites is 1. The number of hydrogen-bond acceptors (Lipinski definition) is 5. The smallest absolute Gasteiger partial charge is 0.229 e. The second-order valence-electron chi connectivity index (χ2n) is 7.93. The summed E-state index contributed by atoms with van der Waals surface area (Å²) in [6.07, 6.45) is 1.82. The lowest BCUT2D eigenvalue weighted by molar-refractivity contribution is -0.115. The molecule has 0 saturated carbocycles. The van der Waals surface area contributed by atoms with Gasteiger partial charge in [-0.15, -0.1) is 0 Å². The molecular weight excluding hydrogens is 398 g/mol. The van der Waals surface area contributed by atoms with Crippen LogP contribution in [-0.4, -0.2) is 42.1 Å². The van der Waals surface area contributed by atoms with Crippen molar-refractivity contribution < 1.29 is 4.79 Å². The Hall–Kier alpha value is -3.93. The maximum Gasteiger partial charge on any atom is 0.229 e. The number of anilines is 3. The molecule has 32 heavy (non-hydrogen) atoms. The predicted molar refractivity (Wildman–Crippen MR) is 129 cm³/mol. The minimum atomic E-state index is -0.0834. The Balaban J connectivity index is 1.23. The van der Waals surface area contributed by atoms with E-state index in [0.717, 1.165) is 48.3 Å². The highest BCUT2D eigenvalue weighted by atomic mass is 16.1. The van der Waals surface area contributed by atoms with E-state index in [2.05, 4.69) is 67.5 Å². The van der Waals surface area contributed by atoms with Crippen LogP contribution in [0.15, 0.2) is 85.2 Å². The van der Waals surface area contributed by atoms with E-state index in [0.29, 0.717) is 12.2 Å². The summed E-state index contributed by atoms with van der Waals surface area (Å²) in [7, 11) is 0. The van der Waals surface area contributed by atoms with Gasteiger partial charge in [-0.2, -0.15) is 0 Å². The molecular formula is C26H25N5O. The van der Waals surface area contributed by atoms with Crippen LogP contribution in [0.1, 0.15) is 5.56 Å². The van der Waals surface area contributed by atoms with Gasteiger partial charge < -0.3 is 15.1 Å². The summed E-state index contributed by atoms with van der Waals surface area (Å²) in [5.74, 6) is 1.29. The zero-order valence-electron chi connectivity index (χ0n) is 17.8. The van der Waals surface area contributed by atoms with Crippen LogP contribution in [0.3, 0.4) is 0 Å². The van der Waals surface area contributed by atoms with Crippen LogP contribution < -0.4 is 15.1 Å². The van der Waals surface area contributed by atoms with Crippen molar-refractivity contribution in [3.05, 3.63) is 90.8 Å². The number of carbonyl (C=O) groups is 1. The molecule has 1 amide bonds. The summed E-state index contributed by atoms with van der Waals surface area (Å²) in [4.78, 5) is 26.0. The third kappa shape index (κ3) is 4.39. The molecule has 5 rings (SSSR count). The second kappa shape index (κ2) is 9.06. The summed E-state index contributed by atoms with van der Waals surface area (Å²) in [6, 6.07) is 26.5. The third-order valence-electron chi connectivity index (χ3n) is 5.88. The van der Waals surface area contributed by atoms with Crippen molar-refractivity contribution in [3.8, 4) is 0 Å². The van der Waals surface area contributed by atoms with Crippen molar-refractivity contribution >= 4 is 34.0 Å². The Morgan fingerprint density at radius 2 is 1.53 bits per heavy atom. The Labute approximate surface area is 187 Å². The van der Waals surface area contributed by atoms with Gasteiger partial charge in [0.25, 0.3) is 0 Å². The molecule has 6 heteroatoms. The van der Waals surface area contributed by atoms with E-state index in [4.69, 9.17) is 0 Å². The molecule has 1 aliphatic heterocycles. The van der Waals surface area contributed by atoms with Gasteiger partial charge in [-0.3, -0.25) is 4.79 Å². The Morgan fingerprint density at radius 3 is 2.38 bits per heavy atom. The minimum Gasteiger partial charge on any atom is -0.368 e. The molecule has 1 saturated heterocycles. The average Bonchev–Trinajstić information content (AvgIpc) is 2.85. The van der Waals surface area contributed by atoms with E-state index in [1.807, 2.05) is 36.4 Å². The van der Waals surface area contributed by atoms with Gasteiger partial charge in [0.15, 0.2) is 0 Å². The summed E-state index contributed by atoms with van der Waals surface area (Å²) in [6.45, 7) is 3.60. The third-order valence-corrected chi connectivity index (χ3v) is 5.88. The van der Waals surface area contributed by atoms with Crippen LogP contribution in [0, 0.1) is 0 Å². The van der Waals surface area contributed by atoms with E-state index in [1.54, 1.807) is 0 Å². The second-order valence-corrected chi connectivity index (χ2v) is 7.93.